The average molecular weight is 414 g/mol. The molecule has 0 bridgehead atoms. The molecule has 0 fully saturated rings. The van der Waals surface area contributed by atoms with E-state index in [2.05, 4.69) is 6.92 Å². The van der Waals surface area contributed by atoms with Gasteiger partial charge in [-0.3, -0.25) is 4.90 Å². The summed E-state index contributed by atoms with van der Waals surface area (Å²) in [6.07, 6.45) is 12.6. The van der Waals surface area contributed by atoms with Gasteiger partial charge >= 0.3 is 12.1 Å². The normalized spacial score (nSPS) is 12.3. The predicted molar refractivity (Wildman–Crippen MR) is 120 cm³/mol. The molecule has 172 valence electrons. The predicted octanol–water partition coefficient (Wildman–Crippen LogP) is 6.59. The van der Waals surface area contributed by atoms with Crippen LogP contribution >= 0.6 is 0 Å². The van der Waals surface area contributed by atoms with Crippen LogP contribution in [0.3, 0.4) is 0 Å². The Kier molecular flexibility index (Phi) is 16.8. The summed E-state index contributed by atoms with van der Waals surface area (Å²) in [4.78, 5) is 26.2. The third-order valence-electron chi connectivity index (χ3n) is 5.00. The van der Waals surface area contributed by atoms with E-state index in [1.165, 1.54) is 56.3 Å². The summed E-state index contributed by atoms with van der Waals surface area (Å²) >= 11 is 0. The number of hydrogen-bond acceptors (Lipinski definition) is 4. The van der Waals surface area contributed by atoms with E-state index in [0.29, 0.717) is 19.6 Å². The lowest BCUT2D eigenvalue weighted by Gasteiger charge is -2.27. The summed E-state index contributed by atoms with van der Waals surface area (Å²) in [5, 5.41) is 0. The van der Waals surface area contributed by atoms with E-state index in [0.717, 1.165) is 12.8 Å². The quantitative estimate of drug-likeness (QED) is 0.199. The Morgan fingerprint density at radius 1 is 0.759 bits per heavy atom. The molecule has 5 nitrogen and oxygen atoms in total. The molecular weight excluding hydrogens is 366 g/mol. The van der Waals surface area contributed by atoms with Crippen LogP contribution in [0.25, 0.3) is 0 Å². The lowest BCUT2D eigenvalue weighted by atomic mass is 10.0. The number of ether oxygens (including phenoxy) is 2. The fourth-order valence-corrected chi connectivity index (χ4v) is 3.18. The number of nitrogens with zero attached hydrogens (tertiary/aromatic N) is 1. The van der Waals surface area contributed by atoms with Crippen LogP contribution in [0.2, 0.25) is 0 Å². The second-order valence-corrected chi connectivity index (χ2v) is 9.08. The van der Waals surface area contributed by atoms with Crippen molar-refractivity contribution in [3.05, 3.63) is 0 Å². The van der Waals surface area contributed by atoms with Crippen LogP contribution in [-0.2, 0) is 14.3 Å². The number of carbonyl (C=O) groups excluding carboxylic acids is 2. The van der Waals surface area contributed by atoms with Crippen molar-refractivity contribution in [3.63, 3.8) is 0 Å². The molecule has 0 radical (unpaired) electrons. The van der Waals surface area contributed by atoms with Gasteiger partial charge in [0.05, 0.1) is 13.2 Å². The van der Waals surface area contributed by atoms with Crippen molar-refractivity contribution in [1.82, 2.24) is 4.90 Å². The Balaban J connectivity index is 4.10. The monoisotopic (exact) mass is 413 g/mol. The van der Waals surface area contributed by atoms with Crippen LogP contribution in [0.1, 0.15) is 105 Å². The van der Waals surface area contributed by atoms with Crippen molar-refractivity contribution in [2.45, 2.75) is 111 Å². The van der Waals surface area contributed by atoms with Gasteiger partial charge in [-0.05, 0) is 24.7 Å². The van der Waals surface area contributed by atoms with Gasteiger partial charge < -0.3 is 9.47 Å². The van der Waals surface area contributed by atoms with Gasteiger partial charge in [0, 0.05) is 7.05 Å². The topological polar surface area (TPSA) is 55.8 Å². The fraction of sp³-hybridized carbons (Fsp3) is 0.917. The maximum Gasteiger partial charge on any atom is 0.410 e. The molecule has 29 heavy (non-hydrogen) atoms. The minimum absolute atomic E-state index is 0.263. The van der Waals surface area contributed by atoms with E-state index >= 15 is 0 Å². The number of carbonyl (C=O) groups is 2. The molecule has 5 heteroatoms. The smallest absolute Gasteiger partial charge is 0.410 e. The summed E-state index contributed by atoms with van der Waals surface area (Å²) in [6, 6.07) is -0.585. The molecular formula is C24H47NO4. The van der Waals surface area contributed by atoms with Crippen LogP contribution in [0.15, 0.2) is 0 Å². The second-order valence-electron chi connectivity index (χ2n) is 9.08. The molecule has 0 aromatic carbocycles. The molecule has 0 aliphatic carbocycles. The molecule has 0 N–H and O–H groups in total. The molecule has 0 aromatic rings. The lowest BCUT2D eigenvalue weighted by molar-refractivity contribution is -0.149. The Morgan fingerprint density at radius 2 is 1.28 bits per heavy atom. The van der Waals surface area contributed by atoms with Gasteiger partial charge in [0.1, 0.15) is 6.04 Å². The van der Waals surface area contributed by atoms with Gasteiger partial charge in [-0.1, -0.05) is 92.4 Å². The highest BCUT2D eigenvalue weighted by Crippen LogP contribution is 2.15. The first kappa shape index (κ1) is 27.7. The molecule has 0 saturated heterocycles. The molecule has 0 saturated carbocycles. The maximum absolute atomic E-state index is 12.6. The van der Waals surface area contributed by atoms with Gasteiger partial charge in [-0.25, -0.2) is 9.59 Å². The van der Waals surface area contributed by atoms with E-state index in [1.54, 1.807) is 7.05 Å². The zero-order valence-electron chi connectivity index (χ0n) is 20.0. The number of unbranched alkanes of at least 4 members (excludes halogenated alkanes) is 9. The first-order chi connectivity index (χ1) is 13.8. The lowest BCUT2D eigenvalue weighted by Crippen LogP contribution is -2.44. The van der Waals surface area contributed by atoms with Gasteiger partial charge in [0.15, 0.2) is 0 Å². The molecule has 0 spiro atoms. The van der Waals surface area contributed by atoms with Crippen molar-refractivity contribution < 1.29 is 19.1 Å². The molecule has 0 rings (SSSR count). The summed E-state index contributed by atoms with van der Waals surface area (Å²) in [6.45, 7) is 11.1. The van der Waals surface area contributed by atoms with E-state index in [4.69, 9.17) is 9.47 Å². The molecule has 0 aromatic heterocycles. The molecule has 1 unspecified atom stereocenters. The molecule has 1 atom stereocenters. The maximum atomic E-state index is 12.6. The number of esters is 1. The van der Waals surface area contributed by atoms with E-state index in [1.807, 2.05) is 27.7 Å². The standard InChI is InChI=1S/C24H47NO4/c1-7-8-9-10-11-12-13-14-15-16-17-28-23(26)22(18-20(2)3)25(6)24(27)29-19-21(4)5/h20-22H,7-19H2,1-6H3. The number of amides is 1. The van der Waals surface area contributed by atoms with Gasteiger partial charge in [0.2, 0.25) is 0 Å². The van der Waals surface area contributed by atoms with Crippen molar-refractivity contribution in [1.29, 1.82) is 0 Å². The minimum Gasteiger partial charge on any atom is -0.464 e. The number of likely N-dealkylation sites (N-methyl/N-ethyl adjacent to an activating group) is 1. The molecule has 0 aliphatic rings. The van der Waals surface area contributed by atoms with Gasteiger partial charge in [-0.15, -0.1) is 0 Å². The second kappa shape index (κ2) is 17.6. The van der Waals surface area contributed by atoms with E-state index in [9.17, 15) is 9.59 Å². The summed E-state index contributed by atoms with van der Waals surface area (Å²) in [5.41, 5.74) is 0. The van der Waals surface area contributed by atoms with Crippen LogP contribution in [0.5, 0.6) is 0 Å². The number of hydrogen-bond donors (Lipinski definition) is 0. The van der Waals surface area contributed by atoms with Crippen LogP contribution in [0, 0.1) is 11.8 Å². The Labute approximate surface area is 179 Å². The highest BCUT2D eigenvalue weighted by atomic mass is 16.6. The highest BCUT2D eigenvalue weighted by molar-refractivity contribution is 5.81. The van der Waals surface area contributed by atoms with Crippen LogP contribution in [-0.4, -0.2) is 43.3 Å². The Bertz CT molecular complexity index is 423. The van der Waals surface area contributed by atoms with Crippen LogP contribution in [0.4, 0.5) is 4.79 Å². The third-order valence-corrected chi connectivity index (χ3v) is 5.00. The summed E-state index contributed by atoms with van der Waals surface area (Å²) in [7, 11) is 1.62. The summed E-state index contributed by atoms with van der Waals surface area (Å²) < 4.78 is 10.8. The Morgan fingerprint density at radius 3 is 1.76 bits per heavy atom. The number of rotatable bonds is 17. The van der Waals surface area contributed by atoms with Crippen molar-refractivity contribution in [3.8, 4) is 0 Å². The first-order valence-corrected chi connectivity index (χ1v) is 11.9. The fourth-order valence-electron chi connectivity index (χ4n) is 3.18. The van der Waals surface area contributed by atoms with Crippen molar-refractivity contribution in [2.24, 2.45) is 11.8 Å². The van der Waals surface area contributed by atoms with E-state index in [-0.39, 0.29) is 17.8 Å². The third kappa shape index (κ3) is 15.3. The summed E-state index contributed by atoms with van der Waals surface area (Å²) in [5.74, 6) is 0.225. The van der Waals surface area contributed by atoms with Crippen molar-refractivity contribution >= 4 is 12.1 Å². The molecule has 0 heterocycles. The zero-order chi connectivity index (χ0) is 22.1. The average Bonchev–Trinajstić information content (AvgIpc) is 2.67. The first-order valence-electron chi connectivity index (χ1n) is 11.9. The van der Waals surface area contributed by atoms with Crippen molar-refractivity contribution in [2.75, 3.05) is 20.3 Å². The minimum atomic E-state index is -0.585. The van der Waals surface area contributed by atoms with Gasteiger partial charge in [0.25, 0.3) is 0 Å². The Hall–Kier alpha value is -1.26. The van der Waals surface area contributed by atoms with Crippen LogP contribution < -0.4 is 0 Å². The zero-order valence-corrected chi connectivity index (χ0v) is 20.0. The molecule has 1 amide bonds. The molecule has 0 aliphatic heterocycles. The van der Waals surface area contributed by atoms with Gasteiger partial charge in [-0.2, -0.15) is 0 Å². The SMILES string of the molecule is CCCCCCCCCCCCOC(=O)C(CC(C)C)N(C)C(=O)OCC(C)C. The van der Waals surface area contributed by atoms with E-state index < -0.39 is 12.1 Å². The highest BCUT2D eigenvalue weighted by Gasteiger charge is 2.30. The largest absolute Gasteiger partial charge is 0.464 e.